The van der Waals surface area contributed by atoms with Crippen LogP contribution in [0.1, 0.15) is 42.6 Å². The summed E-state index contributed by atoms with van der Waals surface area (Å²) in [4.78, 5) is 30.3. The molecule has 3 N–H and O–H groups in total. The minimum Gasteiger partial charge on any atom is -0.490 e. The number of Topliss-reactive ketones (excluding diaryl/α,β-unsaturated/α-hetero) is 1. The van der Waals surface area contributed by atoms with Gasteiger partial charge in [-0.1, -0.05) is 42.5 Å². The van der Waals surface area contributed by atoms with Crippen LogP contribution in [0.15, 0.2) is 79.0 Å². The lowest BCUT2D eigenvalue weighted by atomic mass is 9.99. The number of aromatic nitrogens is 1. The van der Waals surface area contributed by atoms with Crippen LogP contribution in [0.25, 0.3) is 28.1 Å². The van der Waals surface area contributed by atoms with E-state index in [2.05, 4.69) is 10.3 Å². The molecule has 7 nitrogen and oxygen atoms in total. The summed E-state index contributed by atoms with van der Waals surface area (Å²) in [6.07, 6.45) is 3.34. The highest BCUT2D eigenvalue weighted by molar-refractivity contribution is 6.02. The predicted octanol–water partition coefficient (Wildman–Crippen LogP) is 6.23. The summed E-state index contributed by atoms with van der Waals surface area (Å²) in [5.74, 6) is 1.08. The van der Waals surface area contributed by atoms with Gasteiger partial charge in [0.15, 0.2) is 17.3 Å². The first-order chi connectivity index (χ1) is 18.5. The Bertz CT molecular complexity index is 1470. The van der Waals surface area contributed by atoms with Gasteiger partial charge in [-0.25, -0.2) is 4.98 Å². The number of hydrogen-bond acceptors (Lipinski definition) is 6. The molecule has 1 aromatic heterocycles. The molecule has 38 heavy (non-hydrogen) atoms. The van der Waals surface area contributed by atoms with Crippen molar-refractivity contribution in [3.63, 3.8) is 0 Å². The van der Waals surface area contributed by atoms with Crippen molar-refractivity contribution in [1.29, 1.82) is 0 Å². The maximum Gasteiger partial charge on any atom is 0.225 e. The van der Waals surface area contributed by atoms with E-state index < -0.39 is 0 Å². The Morgan fingerprint density at radius 1 is 0.895 bits per heavy atom. The molecule has 0 atom stereocenters. The van der Waals surface area contributed by atoms with E-state index in [1.807, 2.05) is 68.4 Å². The molecule has 0 aliphatic carbocycles. The topological polar surface area (TPSA) is 104 Å². The second-order valence-electron chi connectivity index (χ2n) is 8.56. The third-order valence-corrected chi connectivity index (χ3v) is 5.92. The molecule has 3 aromatic carbocycles. The molecule has 0 fully saturated rings. The van der Waals surface area contributed by atoms with Crippen LogP contribution in [0.2, 0.25) is 0 Å². The fraction of sp³-hybridized carbons (Fsp3) is 0.194. The number of fused-ring (bicyclic) bond motifs is 1. The predicted molar refractivity (Wildman–Crippen MR) is 151 cm³/mol. The van der Waals surface area contributed by atoms with Crippen LogP contribution >= 0.6 is 0 Å². The Morgan fingerprint density at radius 2 is 1.66 bits per heavy atom. The minimum atomic E-state index is -0.293. The molecule has 0 spiro atoms. The van der Waals surface area contributed by atoms with Gasteiger partial charge in [-0.05, 0) is 73.1 Å². The van der Waals surface area contributed by atoms with Crippen LogP contribution in [0.3, 0.4) is 0 Å². The lowest BCUT2D eigenvalue weighted by Crippen LogP contribution is -2.14. The van der Waals surface area contributed by atoms with Crippen molar-refractivity contribution in [2.24, 2.45) is 5.73 Å². The zero-order valence-corrected chi connectivity index (χ0v) is 21.6. The smallest absolute Gasteiger partial charge is 0.225 e. The van der Waals surface area contributed by atoms with E-state index in [4.69, 9.17) is 15.2 Å². The third-order valence-electron chi connectivity index (χ3n) is 5.92. The monoisotopic (exact) mass is 509 g/mol. The summed E-state index contributed by atoms with van der Waals surface area (Å²) in [5, 5.41) is 3.83. The van der Waals surface area contributed by atoms with Crippen LogP contribution in [-0.4, -0.2) is 29.9 Å². The second-order valence-corrected chi connectivity index (χ2v) is 8.56. The molecule has 0 aliphatic rings. The Hall–Kier alpha value is -4.65. The first-order valence-electron chi connectivity index (χ1n) is 12.6. The fourth-order valence-corrected chi connectivity index (χ4v) is 4.18. The maximum atomic E-state index is 12.8. The average molecular weight is 510 g/mol. The number of nitrogens with zero attached hydrogens (tertiary/aromatic N) is 1. The van der Waals surface area contributed by atoms with Gasteiger partial charge >= 0.3 is 0 Å². The molecular weight excluding hydrogens is 478 g/mol. The Labute approximate surface area is 222 Å². The standard InChI is InChI=1S/C31H31N3O4/c1-3-37-28-14-11-23(19-29(28)38-4-2)27(35)13-15-31(36)34-30-20-25(22-8-6-5-7-9-22)24-12-10-21(16-17-32)18-26(24)33-30/h5-12,14,16-20H,3-4,13,15,32H2,1-2H3,(H,33,34,36)/b17-16+. The van der Waals surface area contributed by atoms with E-state index in [9.17, 15) is 9.59 Å². The summed E-state index contributed by atoms with van der Waals surface area (Å²) in [6.45, 7) is 4.70. The van der Waals surface area contributed by atoms with Crippen LogP contribution in [0.4, 0.5) is 5.82 Å². The molecule has 0 aliphatic heterocycles. The van der Waals surface area contributed by atoms with Gasteiger partial charge in [-0.15, -0.1) is 0 Å². The van der Waals surface area contributed by atoms with E-state index in [0.717, 1.165) is 27.6 Å². The second kappa shape index (κ2) is 12.5. The number of benzene rings is 3. The first kappa shape index (κ1) is 26.4. The number of anilines is 1. The quantitative estimate of drug-likeness (QED) is 0.232. The van der Waals surface area contributed by atoms with E-state index in [1.165, 1.54) is 6.20 Å². The average Bonchev–Trinajstić information content (AvgIpc) is 2.93. The molecule has 0 saturated heterocycles. The van der Waals surface area contributed by atoms with Crippen molar-refractivity contribution in [2.75, 3.05) is 18.5 Å². The Kier molecular flexibility index (Phi) is 8.72. The Morgan fingerprint density at radius 3 is 2.39 bits per heavy atom. The summed E-state index contributed by atoms with van der Waals surface area (Å²) >= 11 is 0. The van der Waals surface area contributed by atoms with Gasteiger partial charge in [0.25, 0.3) is 0 Å². The summed E-state index contributed by atoms with van der Waals surface area (Å²) < 4.78 is 11.2. The number of nitrogens with one attached hydrogen (secondary N) is 1. The number of carbonyl (C=O) groups excluding carboxylic acids is 2. The van der Waals surface area contributed by atoms with Crippen LogP contribution in [-0.2, 0) is 4.79 Å². The van der Waals surface area contributed by atoms with Crippen LogP contribution < -0.4 is 20.5 Å². The highest BCUT2D eigenvalue weighted by Gasteiger charge is 2.15. The number of carbonyl (C=O) groups is 2. The SMILES string of the molecule is CCOc1ccc(C(=O)CCC(=O)Nc2cc(-c3ccccc3)c3ccc(/C=C/N)cc3n2)cc1OCC. The zero-order chi connectivity index (χ0) is 26.9. The zero-order valence-electron chi connectivity index (χ0n) is 21.6. The van der Waals surface area contributed by atoms with Crippen molar-refractivity contribution in [1.82, 2.24) is 4.98 Å². The van der Waals surface area contributed by atoms with Gasteiger partial charge in [-0.3, -0.25) is 9.59 Å². The summed E-state index contributed by atoms with van der Waals surface area (Å²) in [6, 6.07) is 22.8. The van der Waals surface area contributed by atoms with Crippen molar-refractivity contribution in [2.45, 2.75) is 26.7 Å². The molecule has 194 valence electrons. The first-order valence-corrected chi connectivity index (χ1v) is 12.6. The fourth-order valence-electron chi connectivity index (χ4n) is 4.18. The van der Waals surface area contributed by atoms with Crippen molar-refractivity contribution < 1.29 is 19.1 Å². The number of ether oxygens (including phenoxy) is 2. The number of amides is 1. The molecule has 7 heteroatoms. The van der Waals surface area contributed by atoms with E-state index in [-0.39, 0.29) is 24.5 Å². The van der Waals surface area contributed by atoms with Crippen molar-refractivity contribution in [3.8, 4) is 22.6 Å². The summed E-state index contributed by atoms with van der Waals surface area (Å²) in [5.41, 5.74) is 9.63. The van der Waals surface area contributed by atoms with Gasteiger partial charge in [0.1, 0.15) is 5.82 Å². The summed E-state index contributed by atoms with van der Waals surface area (Å²) in [7, 11) is 0. The number of nitrogens with two attached hydrogens (primary N) is 1. The molecule has 1 amide bonds. The van der Waals surface area contributed by atoms with E-state index >= 15 is 0 Å². The number of hydrogen-bond donors (Lipinski definition) is 2. The molecule has 4 rings (SSSR count). The maximum absolute atomic E-state index is 12.8. The molecule has 4 aromatic rings. The molecule has 0 saturated carbocycles. The lowest BCUT2D eigenvalue weighted by molar-refractivity contribution is -0.116. The van der Waals surface area contributed by atoms with E-state index in [1.54, 1.807) is 24.3 Å². The van der Waals surface area contributed by atoms with Crippen LogP contribution in [0, 0.1) is 0 Å². The molecule has 0 unspecified atom stereocenters. The largest absolute Gasteiger partial charge is 0.490 e. The van der Waals surface area contributed by atoms with Crippen molar-refractivity contribution >= 4 is 34.5 Å². The normalized spacial score (nSPS) is 11.0. The molecular formula is C31H31N3O4. The molecule has 1 heterocycles. The van der Waals surface area contributed by atoms with Gasteiger partial charge in [0.05, 0.1) is 18.7 Å². The van der Waals surface area contributed by atoms with Crippen molar-refractivity contribution in [3.05, 3.63) is 90.1 Å². The highest BCUT2D eigenvalue weighted by Crippen LogP contribution is 2.32. The van der Waals surface area contributed by atoms with E-state index in [0.29, 0.717) is 36.1 Å². The lowest BCUT2D eigenvalue weighted by Gasteiger charge is -2.13. The third kappa shape index (κ3) is 6.37. The number of pyridine rings is 1. The van der Waals surface area contributed by atoms with Crippen LogP contribution in [0.5, 0.6) is 11.5 Å². The molecule has 0 bridgehead atoms. The van der Waals surface area contributed by atoms with Gasteiger partial charge in [-0.2, -0.15) is 0 Å². The Balaban J connectivity index is 1.52. The van der Waals surface area contributed by atoms with Gasteiger partial charge in [0, 0.05) is 23.8 Å². The van der Waals surface area contributed by atoms with Gasteiger partial charge in [0.2, 0.25) is 5.91 Å². The number of ketones is 1. The number of rotatable bonds is 11. The molecule has 0 radical (unpaired) electrons. The van der Waals surface area contributed by atoms with Gasteiger partial charge < -0.3 is 20.5 Å². The highest BCUT2D eigenvalue weighted by atomic mass is 16.5. The minimum absolute atomic E-state index is 0.0202.